The summed E-state index contributed by atoms with van der Waals surface area (Å²) in [4.78, 5) is 12.5. The average molecular weight is 489 g/mol. The highest BCUT2D eigenvalue weighted by molar-refractivity contribution is 5.73. The zero-order chi connectivity index (χ0) is 26.4. The van der Waals surface area contributed by atoms with E-state index in [1.54, 1.807) is 0 Å². The highest BCUT2D eigenvalue weighted by Gasteiger charge is 2.17. The Balaban J connectivity index is 2.23. The van der Waals surface area contributed by atoms with Crippen molar-refractivity contribution in [1.29, 1.82) is 0 Å². The van der Waals surface area contributed by atoms with E-state index >= 15 is 0 Å². The van der Waals surface area contributed by atoms with Crippen LogP contribution in [0.4, 0.5) is 0 Å². The van der Waals surface area contributed by atoms with Crippen molar-refractivity contribution in [2.45, 2.75) is 97.8 Å². The first-order valence-corrected chi connectivity index (χ1v) is 13.7. The molecule has 0 spiro atoms. The summed E-state index contributed by atoms with van der Waals surface area (Å²) in [6.07, 6.45) is 33.3. The van der Waals surface area contributed by atoms with Crippen molar-refractivity contribution in [3.63, 3.8) is 0 Å². The molecule has 0 aliphatic rings. The molecule has 0 fully saturated rings. The summed E-state index contributed by atoms with van der Waals surface area (Å²) in [5, 5.41) is 0. The zero-order valence-corrected chi connectivity index (χ0v) is 23.3. The van der Waals surface area contributed by atoms with Crippen molar-refractivity contribution >= 4 is 5.97 Å². The first-order chi connectivity index (χ1) is 17.5. The van der Waals surface area contributed by atoms with E-state index in [-0.39, 0.29) is 5.97 Å². The molecule has 36 heavy (non-hydrogen) atoms. The number of hydrogen-bond donors (Lipinski definition) is 0. The molecule has 0 amide bonds. The maximum Gasteiger partial charge on any atom is 0.311 e. The van der Waals surface area contributed by atoms with Crippen LogP contribution in [0.1, 0.15) is 109 Å². The Hall–Kier alpha value is -2.87. The summed E-state index contributed by atoms with van der Waals surface area (Å²) in [7, 11) is 0. The van der Waals surface area contributed by atoms with E-state index in [1.165, 1.54) is 0 Å². The van der Waals surface area contributed by atoms with Crippen LogP contribution in [0.3, 0.4) is 0 Å². The maximum atomic E-state index is 12.5. The second-order valence-corrected chi connectivity index (χ2v) is 9.50. The Labute approximate surface area is 221 Å². The average Bonchev–Trinajstić information content (AvgIpc) is 2.85. The number of esters is 1. The van der Waals surface area contributed by atoms with Gasteiger partial charge in [-0.25, -0.2) is 0 Å². The fourth-order valence-corrected chi connectivity index (χ4v) is 3.61. The third-order valence-electron chi connectivity index (χ3n) is 5.65. The Kier molecular flexibility index (Phi) is 17.6. The largest absolute Gasteiger partial charge is 0.426 e. The van der Waals surface area contributed by atoms with E-state index in [4.69, 9.17) is 4.74 Å². The van der Waals surface area contributed by atoms with Crippen LogP contribution in [0.5, 0.6) is 5.75 Å². The van der Waals surface area contributed by atoms with Crippen LogP contribution in [0, 0.1) is 0 Å². The first-order valence-electron chi connectivity index (χ1n) is 13.7. The summed E-state index contributed by atoms with van der Waals surface area (Å²) in [5.41, 5.74) is 2.20. The van der Waals surface area contributed by atoms with Crippen LogP contribution >= 0.6 is 0 Å². The molecular formula is C34H48O2. The molecule has 1 aromatic rings. The van der Waals surface area contributed by atoms with Gasteiger partial charge in [-0.1, -0.05) is 126 Å². The van der Waals surface area contributed by atoms with Crippen LogP contribution in [-0.2, 0) is 4.79 Å². The van der Waals surface area contributed by atoms with Gasteiger partial charge in [0.25, 0.3) is 0 Å². The molecular weight excluding hydrogens is 440 g/mol. The maximum absolute atomic E-state index is 12.5. The van der Waals surface area contributed by atoms with Crippen molar-refractivity contribution in [3.8, 4) is 5.75 Å². The van der Waals surface area contributed by atoms with Gasteiger partial charge in [0, 0.05) is 6.42 Å². The molecule has 1 rings (SSSR count). The zero-order valence-electron chi connectivity index (χ0n) is 23.3. The molecule has 0 radical (unpaired) electrons. The number of carbonyl (C=O) groups excluding carboxylic acids is 1. The highest BCUT2D eigenvalue weighted by atomic mass is 16.5. The normalized spacial score (nSPS) is 12.9. The highest BCUT2D eigenvalue weighted by Crippen LogP contribution is 2.34. The minimum absolute atomic E-state index is 0.162. The van der Waals surface area contributed by atoms with Gasteiger partial charge in [0.2, 0.25) is 0 Å². The van der Waals surface area contributed by atoms with Crippen molar-refractivity contribution in [2.24, 2.45) is 0 Å². The third kappa shape index (κ3) is 14.5. The number of hydrogen-bond acceptors (Lipinski definition) is 2. The van der Waals surface area contributed by atoms with E-state index in [9.17, 15) is 4.79 Å². The second kappa shape index (κ2) is 20.3. The predicted molar refractivity (Wildman–Crippen MR) is 158 cm³/mol. The van der Waals surface area contributed by atoms with Crippen LogP contribution in [0.15, 0.2) is 91.1 Å². The van der Waals surface area contributed by atoms with Gasteiger partial charge in [-0.05, 0) is 67.9 Å². The van der Waals surface area contributed by atoms with Gasteiger partial charge in [-0.2, -0.15) is 0 Å². The smallest absolute Gasteiger partial charge is 0.311 e. The standard InChI is InChI=1S/C34H48O2/c1-6-7-8-9-10-11-12-13-14-15-16-17-18-19-20-21-22-23-24-28-33(35)36-34-31(29(2)3)26-25-27-32(34)30(4)5/h7-8,10-11,13-14,16-17,19-20,22-23,25-27,29-30H,6,9,12,15,18,21,24,28H2,1-5H3/b8-7-,11-10-,14-13-,17-16-,20-19-,23-22-. The molecule has 0 bridgehead atoms. The summed E-state index contributed by atoms with van der Waals surface area (Å²) < 4.78 is 5.83. The summed E-state index contributed by atoms with van der Waals surface area (Å²) in [6, 6.07) is 6.17. The quantitative estimate of drug-likeness (QED) is 0.124. The molecule has 196 valence electrons. The lowest BCUT2D eigenvalue weighted by Crippen LogP contribution is -2.11. The Morgan fingerprint density at radius 1 is 0.667 bits per heavy atom. The van der Waals surface area contributed by atoms with E-state index in [1.807, 2.05) is 0 Å². The van der Waals surface area contributed by atoms with Crippen molar-refractivity contribution in [3.05, 3.63) is 102 Å². The summed E-state index contributed by atoms with van der Waals surface area (Å²) in [6.45, 7) is 10.7. The minimum atomic E-state index is -0.162. The molecule has 2 heteroatoms. The molecule has 0 saturated carbocycles. The molecule has 0 N–H and O–H groups in total. The molecule has 0 aliphatic heterocycles. The van der Waals surface area contributed by atoms with Crippen LogP contribution in [0.25, 0.3) is 0 Å². The van der Waals surface area contributed by atoms with Gasteiger partial charge < -0.3 is 4.74 Å². The Morgan fingerprint density at radius 3 is 1.44 bits per heavy atom. The molecule has 0 aliphatic carbocycles. The number of carbonyl (C=O) groups is 1. The Morgan fingerprint density at radius 2 is 1.06 bits per heavy atom. The van der Waals surface area contributed by atoms with Crippen molar-refractivity contribution in [1.82, 2.24) is 0 Å². The van der Waals surface area contributed by atoms with Crippen molar-refractivity contribution in [2.75, 3.05) is 0 Å². The fraction of sp³-hybridized carbons (Fsp3) is 0.441. The van der Waals surface area contributed by atoms with Gasteiger partial charge in [0.05, 0.1) is 0 Å². The molecule has 2 nitrogen and oxygen atoms in total. The molecule has 0 aromatic heterocycles. The van der Waals surface area contributed by atoms with Crippen LogP contribution < -0.4 is 4.74 Å². The number of para-hydroxylation sites is 1. The van der Waals surface area contributed by atoms with E-state index in [0.29, 0.717) is 24.7 Å². The second-order valence-electron chi connectivity index (χ2n) is 9.50. The lowest BCUT2D eigenvalue weighted by atomic mass is 9.94. The predicted octanol–water partition coefficient (Wildman–Crippen LogP) is 10.3. The Bertz CT molecular complexity index is 881. The number of ether oxygens (including phenoxy) is 1. The van der Waals surface area contributed by atoms with Gasteiger partial charge in [0.15, 0.2) is 0 Å². The summed E-state index contributed by atoms with van der Waals surface area (Å²) >= 11 is 0. The first kappa shape index (κ1) is 31.2. The number of rotatable bonds is 17. The molecule has 0 saturated heterocycles. The molecule has 0 unspecified atom stereocenters. The summed E-state index contributed by atoms with van der Waals surface area (Å²) in [5.74, 6) is 1.23. The monoisotopic (exact) mass is 488 g/mol. The van der Waals surface area contributed by atoms with Gasteiger partial charge in [0.1, 0.15) is 5.75 Å². The number of allylic oxidation sites excluding steroid dienone is 12. The van der Waals surface area contributed by atoms with E-state index in [2.05, 4.69) is 126 Å². The van der Waals surface area contributed by atoms with Gasteiger partial charge in [-0.3, -0.25) is 4.79 Å². The van der Waals surface area contributed by atoms with Gasteiger partial charge in [-0.15, -0.1) is 0 Å². The van der Waals surface area contributed by atoms with E-state index < -0.39 is 0 Å². The van der Waals surface area contributed by atoms with Gasteiger partial charge >= 0.3 is 5.97 Å². The molecule has 0 atom stereocenters. The van der Waals surface area contributed by atoms with Crippen LogP contribution in [-0.4, -0.2) is 5.97 Å². The lowest BCUT2D eigenvalue weighted by Gasteiger charge is -2.18. The molecule has 1 aromatic carbocycles. The SMILES string of the molecule is CC/C=C\C/C=C\C/C=C\C/C=C\C/C=C\C/C=C\CCC(=O)Oc1c(C(C)C)cccc1C(C)C. The number of benzene rings is 1. The topological polar surface area (TPSA) is 26.3 Å². The lowest BCUT2D eigenvalue weighted by molar-refractivity contribution is -0.134. The van der Waals surface area contributed by atoms with E-state index in [0.717, 1.165) is 55.4 Å². The third-order valence-corrected chi connectivity index (χ3v) is 5.65. The minimum Gasteiger partial charge on any atom is -0.426 e. The fourth-order valence-electron chi connectivity index (χ4n) is 3.61. The van der Waals surface area contributed by atoms with Crippen LogP contribution in [0.2, 0.25) is 0 Å². The molecule has 0 heterocycles. The van der Waals surface area contributed by atoms with Crippen molar-refractivity contribution < 1.29 is 9.53 Å².